The van der Waals surface area contributed by atoms with Gasteiger partial charge in [0.1, 0.15) is 5.82 Å². The van der Waals surface area contributed by atoms with Gasteiger partial charge in [-0.25, -0.2) is 4.39 Å². The van der Waals surface area contributed by atoms with Crippen LogP contribution >= 0.6 is 27.3 Å². The average molecular weight is 327 g/mol. The Morgan fingerprint density at radius 2 is 2.33 bits per heavy atom. The fourth-order valence-electron chi connectivity index (χ4n) is 1.82. The monoisotopic (exact) mass is 326 g/mol. The summed E-state index contributed by atoms with van der Waals surface area (Å²) < 4.78 is 15.8. The molecule has 0 N–H and O–H groups in total. The van der Waals surface area contributed by atoms with E-state index in [1.165, 1.54) is 17.4 Å². The molecule has 0 fully saturated rings. The van der Waals surface area contributed by atoms with Crippen molar-refractivity contribution in [3.8, 4) is 0 Å². The highest BCUT2D eigenvalue weighted by Crippen LogP contribution is 2.16. The van der Waals surface area contributed by atoms with Crippen LogP contribution in [0.1, 0.15) is 5.56 Å². The van der Waals surface area contributed by atoms with Crippen LogP contribution in [0.5, 0.6) is 0 Å². The Morgan fingerprint density at radius 1 is 1.50 bits per heavy atom. The summed E-state index contributed by atoms with van der Waals surface area (Å²) in [6.07, 6.45) is 1.76. The first-order valence-corrected chi connectivity index (χ1v) is 6.97. The van der Waals surface area contributed by atoms with Crippen LogP contribution < -0.4 is 14.9 Å². The Morgan fingerprint density at radius 3 is 3.06 bits per heavy atom. The third-order valence-corrected chi connectivity index (χ3v) is 4.35. The van der Waals surface area contributed by atoms with E-state index in [9.17, 15) is 9.18 Å². The maximum absolute atomic E-state index is 13.1. The molecule has 3 nitrogen and oxygen atoms in total. The number of fused-ring (bicyclic) bond motifs is 1. The van der Waals surface area contributed by atoms with Crippen LogP contribution in [0.25, 0.3) is 6.08 Å². The molecular weight excluding hydrogens is 319 g/mol. The van der Waals surface area contributed by atoms with Crippen LogP contribution in [0.2, 0.25) is 0 Å². The van der Waals surface area contributed by atoms with Crippen molar-refractivity contribution in [2.45, 2.75) is 6.54 Å². The van der Waals surface area contributed by atoms with Gasteiger partial charge in [-0.05, 0) is 39.7 Å². The molecule has 1 aromatic carbocycles. The predicted molar refractivity (Wildman–Crippen MR) is 71.9 cm³/mol. The van der Waals surface area contributed by atoms with Gasteiger partial charge in [-0.2, -0.15) is 0 Å². The fraction of sp³-hybridized carbons (Fsp3) is 0.167. The van der Waals surface area contributed by atoms with E-state index in [-0.39, 0.29) is 11.4 Å². The number of nitrogens with zero attached hydrogens (tertiary/aromatic N) is 2. The van der Waals surface area contributed by atoms with E-state index in [0.29, 0.717) is 22.1 Å². The SMILES string of the molecule is O=c1/c(=C\c2ccc(F)c(Br)c2)sc2n1CCN=2. The maximum Gasteiger partial charge on any atom is 0.270 e. The highest BCUT2D eigenvalue weighted by Gasteiger charge is 2.09. The summed E-state index contributed by atoms with van der Waals surface area (Å²) in [5.74, 6) is -0.312. The number of hydrogen-bond donors (Lipinski definition) is 0. The molecule has 3 rings (SSSR count). The van der Waals surface area contributed by atoms with Crippen LogP contribution in [0.3, 0.4) is 0 Å². The van der Waals surface area contributed by atoms with Crippen molar-refractivity contribution in [3.63, 3.8) is 0 Å². The highest BCUT2D eigenvalue weighted by atomic mass is 79.9. The smallest absolute Gasteiger partial charge is 0.270 e. The Kier molecular flexibility index (Phi) is 2.91. The second-order valence-electron chi connectivity index (χ2n) is 3.91. The fourth-order valence-corrected chi connectivity index (χ4v) is 3.25. The van der Waals surface area contributed by atoms with Crippen molar-refractivity contribution in [1.82, 2.24) is 4.57 Å². The standard InChI is InChI=1S/C12H8BrFN2OS/c13-8-5-7(1-2-9(8)14)6-10-11(17)16-4-3-15-12(16)18-10/h1-2,5-6H,3-4H2/b10-6+. The summed E-state index contributed by atoms with van der Waals surface area (Å²) in [5.41, 5.74) is 0.776. The molecular formula is C12H8BrFN2OS. The number of halogens is 2. The first kappa shape index (κ1) is 11.8. The van der Waals surface area contributed by atoms with Crippen molar-refractivity contribution in [2.24, 2.45) is 4.99 Å². The molecule has 1 aliphatic heterocycles. The van der Waals surface area contributed by atoms with Crippen molar-refractivity contribution < 1.29 is 4.39 Å². The molecule has 0 spiro atoms. The summed E-state index contributed by atoms with van der Waals surface area (Å²) in [7, 11) is 0. The summed E-state index contributed by atoms with van der Waals surface area (Å²) in [5, 5.41) is 0. The molecule has 0 bridgehead atoms. The number of benzene rings is 1. The van der Waals surface area contributed by atoms with Gasteiger partial charge in [0.2, 0.25) is 0 Å². The molecule has 0 saturated carbocycles. The van der Waals surface area contributed by atoms with Crippen molar-refractivity contribution in [3.05, 3.63) is 53.7 Å². The third-order valence-electron chi connectivity index (χ3n) is 2.70. The number of hydrogen-bond acceptors (Lipinski definition) is 3. The van der Waals surface area contributed by atoms with Crippen LogP contribution in [-0.4, -0.2) is 11.1 Å². The normalized spacial score (nSPS) is 14.7. The van der Waals surface area contributed by atoms with Gasteiger partial charge in [0.25, 0.3) is 5.56 Å². The minimum Gasteiger partial charge on any atom is -0.282 e. The van der Waals surface area contributed by atoms with Crippen molar-refractivity contribution in [1.29, 1.82) is 0 Å². The molecule has 0 unspecified atom stereocenters. The lowest BCUT2D eigenvalue weighted by molar-refractivity contribution is 0.621. The van der Waals surface area contributed by atoms with Crippen LogP contribution in [0.15, 0.2) is 32.5 Å². The van der Waals surface area contributed by atoms with E-state index in [1.54, 1.807) is 22.8 Å². The van der Waals surface area contributed by atoms with E-state index in [1.807, 2.05) is 0 Å². The highest BCUT2D eigenvalue weighted by molar-refractivity contribution is 9.10. The zero-order chi connectivity index (χ0) is 12.7. The Labute approximate surface area is 114 Å². The van der Waals surface area contributed by atoms with Gasteiger partial charge in [0, 0.05) is 6.54 Å². The second kappa shape index (κ2) is 4.44. The molecule has 0 atom stereocenters. The third kappa shape index (κ3) is 1.95. The molecule has 0 saturated heterocycles. The van der Waals surface area contributed by atoms with E-state index in [2.05, 4.69) is 20.9 Å². The van der Waals surface area contributed by atoms with Gasteiger partial charge >= 0.3 is 0 Å². The lowest BCUT2D eigenvalue weighted by Crippen LogP contribution is -2.29. The van der Waals surface area contributed by atoms with Gasteiger partial charge in [0.15, 0.2) is 4.80 Å². The predicted octanol–water partition coefficient (Wildman–Crippen LogP) is 1.27. The zero-order valence-electron chi connectivity index (χ0n) is 9.19. The molecule has 0 aliphatic carbocycles. The number of thiazole rings is 1. The van der Waals surface area contributed by atoms with E-state index in [4.69, 9.17) is 0 Å². The Balaban J connectivity index is 2.18. The van der Waals surface area contributed by atoms with Crippen molar-refractivity contribution >= 4 is 33.3 Å². The van der Waals surface area contributed by atoms with E-state index < -0.39 is 0 Å². The summed E-state index contributed by atoms with van der Waals surface area (Å²) in [4.78, 5) is 17.0. The summed E-state index contributed by atoms with van der Waals surface area (Å²) in [6, 6.07) is 4.67. The molecule has 0 radical (unpaired) electrons. The topological polar surface area (TPSA) is 34.4 Å². The Bertz CT molecular complexity index is 793. The largest absolute Gasteiger partial charge is 0.282 e. The Hall–Kier alpha value is -1.27. The lowest BCUT2D eigenvalue weighted by Gasteiger charge is -1.95. The lowest BCUT2D eigenvalue weighted by atomic mass is 10.2. The first-order chi connectivity index (χ1) is 8.65. The van der Waals surface area contributed by atoms with Gasteiger partial charge in [-0.15, -0.1) is 0 Å². The molecule has 92 valence electrons. The minimum atomic E-state index is -0.312. The van der Waals surface area contributed by atoms with Crippen LogP contribution in [0.4, 0.5) is 4.39 Å². The number of rotatable bonds is 1. The van der Waals surface area contributed by atoms with Gasteiger partial charge in [0.05, 0.1) is 15.5 Å². The van der Waals surface area contributed by atoms with E-state index in [0.717, 1.165) is 10.4 Å². The molecule has 18 heavy (non-hydrogen) atoms. The maximum atomic E-state index is 13.1. The van der Waals surface area contributed by atoms with Gasteiger partial charge < -0.3 is 0 Å². The zero-order valence-corrected chi connectivity index (χ0v) is 11.6. The molecule has 0 amide bonds. The summed E-state index contributed by atoms with van der Waals surface area (Å²) >= 11 is 4.50. The second-order valence-corrected chi connectivity index (χ2v) is 5.77. The van der Waals surface area contributed by atoms with Crippen LogP contribution in [-0.2, 0) is 6.54 Å². The van der Waals surface area contributed by atoms with Gasteiger partial charge in [-0.1, -0.05) is 17.4 Å². The molecule has 2 heterocycles. The quantitative estimate of drug-likeness (QED) is 0.777. The molecule has 6 heteroatoms. The van der Waals surface area contributed by atoms with Crippen LogP contribution in [0, 0.1) is 5.82 Å². The van der Waals surface area contributed by atoms with Crippen molar-refractivity contribution in [2.75, 3.05) is 6.54 Å². The first-order valence-electron chi connectivity index (χ1n) is 5.36. The number of aromatic nitrogens is 1. The summed E-state index contributed by atoms with van der Waals surface area (Å²) in [6.45, 7) is 1.34. The minimum absolute atomic E-state index is 0.0169. The van der Waals surface area contributed by atoms with E-state index >= 15 is 0 Å². The average Bonchev–Trinajstić information content (AvgIpc) is 2.89. The molecule has 2 aromatic rings. The molecule has 1 aromatic heterocycles. The molecule has 1 aliphatic rings. The van der Waals surface area contributed by atoms with Gasteiger partial charge in [-0.3, -0.25) is 14.4 Å².